The molecule has 0 aromatic carbocycles. The van der Waals surface area contributed by atoms with Crippen LogP contribution in [0.4, 0.5) is 0 Å². The number of esters is 1. The van der Waals surface area contributed by atoms with E-state index in [1.807, 2.05) is 39.0 Å². The summed E-state index contributed by atoms with van der Waals surface area (Å²) < 4.78 is 5.60. The van der Waals surface area contributed by atoms with Crippen LogP contribution in [-0.4, -0.2) is 52.5 Å². The van der Waals surface area contributed by atoms with Crippen LogP contribution in [0.3, 0.4) is 0 Å². The average molecular weight is 641 g/mol. The normalized spacial score (nSPS) is 28.2. The van der Waals surface area contributed by atoms with Gasteiger partial charge in [0.1, 0.15) is 6.29 Å². The second-order valence-corrected chi connectivity index (χ2v) is 14.2. The Bertz CT molecular complexity index is 1120. The lowest BCUT2D eigenvalue weighted by Crippen LogP contribution is -2.59. The van der Waals surface area contributed by atoms with E-state index in [1.54, 1.807) is 0 Å². The number of rotatable bonds is 19. The van der Waals surface area contributed by atoms with Crippen LogP contribution in [-0.2, 0) is 14.3 Å². The number of allylic oxidation sites excluding steroid dienone is 9. The largest absolute Gasteiger partial charge is 0.466 e. The molecule has 2 fully saturated rings. The number of ether oxygens (including phenoxy) is 1. The van der Waals surface area contributed by atoms with Gasteiger partial charge in [0.05, 0.1) is 24.9 Å². The number of aliphatic hydroxyl groups excluding tert-OH is 2. The highest BCUT2D eigenvalue weighted by Gasteiger charge is 2.63. The average Bonchev–Trinajstić information content (AvgIpc) is 3.36. The van der Waals surface area contributed by atoms with Gasteiger partial charge in [-0.3, -0.25) is 9.59 Å². The molecule has 0 aromatic rings. The molecule has 260 valence electrons. The van der Waals surface area contributed by atoms with Gasteiger partial charge in [0.15, 0.2) is 0 Å². The maximum atomic E-state index is 12.4. The van der Waals surface area contributed by atoms with Crippen molar-refractivity contribution < 1.29 is 29.6 Å². The number of aldehydes is 1. The number of aliphatic hydroxyl groups is 3. The van der Waals surface area contributed by atoms with Crippen molar-refractivity contribution in [3.8, 4) is 0 Å². The van der Waals surface area contributed by atoms with Crippen LogP contribution in [0.5, 0.6) is 0 Å². The molecular formula is C40H64O6. The monoisotopic (exact) mass is 640 g/mol. The number of carbonyl (C=O) groups excluding carboxylic acids is 2. The molecular weight excluding hydrogens is 576 g/mol. The quantitative estimate of drug-likeness (QED) is 0.0326. The van der Waals surface area contributed by atoms with E-state index in [0.29, 0.717) is 50.5 Å². The molecule has 0 aliphatic heterocycles. The maximum absolute atomic E-state index is 12.4. The first kappa shape index (κ1) is 39.9. The van der Waals surface area contributed by atoms with Gasteiger partial charge in [-0.2, -0.15) is 0 Å². The third kappa shape index (κ3) is 11.2. The highest BCUT2D eigenvalue weighted by molar-refractivity contribution is 5.74. The van der Waals surface area contributed by atoms with E-state index < -0.39 is 17.1 Å². The Morgan fingerprint density at radius 2 is 1.70 bits per heavy atom. The van der Waals surface area contributed by atoms with Crippen LogP contribution >= 0.6 is 0 Å². The molecule has 0 bridgehead atoms. The van der Waals surface area contributed by atoms with Gasteiger partial charge in [0.2, 0.25) is 0 Å². The lowest BCUT2D eigenvalue weighted by Gasteiger charge is -2.55. The van der Waals surface area contributed by atoms with Crippen molar-refractivity contribution in [3.63, 3.8) is 0 Å². The summed E-state index contributed by atoms with van der Waals surface area (Å²) in [6.07, 6.45) is 22.9. The van der Waals surface area contributed by atoms with Gasteiger partial charge in [0.25, 0.3) is 0 Å². The fourth-order valence-electron chi connectivity index (χ4n) is 7.80. The Hall–Kier alpha value is -2.28. The van der Waals surface area contributed by atoms with E-state index in [1.165, 1.54) is 31.3 Å². The summed E-state index contributed by atoms with van der Waals surface area (Å²) in [5, 5.41) is 34.4. The second-order valence-electron chi connectivity index (χ2n) is 14.2. The minimum atomic E-state index is -1.16. The van der Waals surface area contributed by atoms with Gasteiger partial charge in [-0.25, -0.2) is 0 Å². The molecule has 0 aromatic heterocycles. The molecule has 2 aliphatic rings. The van der Waals surface area contributed by atoms with E-state index in [4.69, 9.17) is 4.74 Å². The van der Waals surface area contributed by atoms with Crippen molar-refractivity contribution in [2.75, 3.05) is 13.2 Å². The summed E-state index contributed by atoms with van der Waals surface area (Å²) in [4.78, 5) is 24.4. The third-order valence-corrected chi connectivity index (χ3v) is 10.6. The van der Waals surface area contributed by atoms with Crippen LogP contribution in [0.15, 0.2) is 58.2 Å². The Morgan fingerprint density at radius 3 is 2.35 bits per heavy atom. The predicted molar refractivity (Wildman–Crippen MR) is 188 cm³/mol. The molecule has 6 heteroatoms. The lowest BCUT2D eigenvalue weighted by atomic mass is 9.52. The molecule has 0 heterocycles. The summed E-state index contributed by atoms with van der Waals surface area (Å²) in [6, 6.07) is 0. The van der Waals surface area contributed by atoms with Gasteiger partial charge in [-0.1, -0.05) is 92.5 Å². The number of hydrogen-bond donors (Lipinski definition) is 3. The molecule has 46 heavy (non-hydrogen) atoms. The van der Waals surface area contributed by atoms with Crippen molar-refractivity contribution in [2.24, 2.45) is 17.3 Å². The molecule has 1 spiro atoms. The summed E-state index contributed by atoms with van der Waals surface area (Å²) in [5.41, 5.74) is 2.74. The first-order chi connectivity index (χ1) is 21.9. The minimum Gasteiger partial charge on any atom is -0.466 e. The van der Waals surface area contributed by atoms with E-state index >= 15 is 0 Å². The molecule has 0 saturated heterocycles. The molecule has 2 aliphatic carbocycles. The number of unbranched alkanes of at least 4 members (excludes halogenated alkanes) is 6. The standard InChI is InChI=1S/C40H64O6/c1-7-8-9-10-11-12-13-22-37(43)46-27-16-21-36-34(32(5)28-41)23-25-39(6,45)40(36)26-24-35(38(40)44)33(29-42)20-15-19-31(4)18-14-17-30(2)3/h15,17-20,28,35-36,38,42,44-45H,7-14,16,21-27,29H2,1-6H3. The van der Waals surface area contributed by atoms with Gasteiger partial charge < -0.3 is 20.1 Å². The Kier molecular flexibility index (Phi) is 17.5. The SMILES string of the molecule is CCCCCCCCCC(=O)OCCCC1C(=C(C)C=O)CCC(C)(O)C12CCC(C(=CC=CC(C)=CCC=C(C)C)CO)C2O. The zero-order valence-electron chi connectivity index (χ0n) is 29.8. The molecule has 6 nitrogen and oxygen atoms in total. The zero-order valence-corrected chi connectivity index (χ0v) is 29.8. The van der Waals surface area contributed by atoms with Crippen molar-refractivity contribution in [1.82, 2.24) is 0 Å². The van der Waals surface area contributed by atoms with Crippen molar-refractivity contribution in [2.45, 2.75) is 150 Å². The number of carbonyl (C=O) groups is 2. The summed E-state index contributed by atoms with van der Waals surface area (Å²) in [6.45, 7) is 12.2. The zero-order chi connectivity index (χ0) is 34.2. The smallest absolute Gasteiger partial charge is 0.305 e. The van der Waals surface area contributed by atoms with E-state index in [0.717, 1.165) is 48.7 Å². The highest BCUT2D eigenvalue weighted by Crippen LogP contribution is 2.62. The molecule has 0 amide bonds. The fraction of sp³-hybridized carbons (Fsp3) is 0.700. The molecule has 0 radical (unpaired) electrons. The van der Waals surface area contributed by atoms with Crippen LogP contribution in [0.2, 0.25) is 0 Å². The van der Waals surface area contributed by atoms with E-state index in [2.05, 4.69) is 32.9 Å². The second kappa shape index (κ2) is 20.2. The lowest BCUT2D eigenvalue weighted by molar-refractivity contribution is -0.168. The number of hydrogen-bond acceptors (Lipinski definition) is 6. The fourth-order valence-corrected chi connectivity index (χ4v) is 7.80. The maximum Gasteiger partial charge on any atom is 0.305 e. The molecule has 2 saturated carbocycles. The van der Waals surface area contributed by atoms with Crippen LogP contribution in [0.25, 0.3) is 0 Å². The van der Waals surface area contributed by atoms with Gasteiger partial charge in [-0.05, 0) is 103 Å². The predicted octanol–water partition coefficient (Wildman–Crippen LogP) is 8.66. The molecule has 2 rings (SSSR count). The summed E-state index contributed by atoms with van der Waals surface area (Å²) in [7, 11) is 0. The summed E-state index contributed by atoms with van der Waals surface area (Å²) >= 11 is 0. The third-order valence-electron chi connectivity index (χ3n) is 10.6. The van der Waals surface area contributed by atoms with Gasteiger partial charge in [-0.15, -0.1) is 0 Å². The Balaban J connectivity index is 2.17. The van der Waals surface area contributed by atoms with Gasteiger partial charge >= 0.3 is 5.97 Å². The Morgan fingerprint density at radius 1 is 1.00 bits per heavy atom. The van der Waals surface area contributed by atoms with Crippen molar-refractivity contribution in [3.05, 3.63) is 58.2 Å². The topological polar surface area (TPSA) is 104 Å². The van der Waals surface area contributed by atoms with E-state index in [9.17, 15) is 24.9 Å². The highest BCUT2D eigenvalue weighted by atomic mass is 16.5. The first-order valence-corrected chi connectivity index (χ1v) is 17.9. The molecule has 5 unspecified atom stereocenters. The van der Waals surface area contributed by atoms with Crippen molar-refractivity contribution in [1.29, 1.82) is 0 Å². The van der Waals surface area contributed by atoms with Crippen molar-refractivity contribution >= 4 is 12.3 Å². The molecule has 3 N–H and O–H groups in total. The first-order valence-electron chi connectivity index (χ1n) is 17.9. The van der Waals surface area contributed by atoms with E-state index in [-0.39, 0.29) is 31.0 Å². The van der Waals surface area contributed by atoms with Crippen LogP contribution in [0, 0.1) is 17.3 Å². The van der Waals surface area contributed by atoms with Gasteiger partial charge in [0, 0.05) is 17.8 Å². The Labute approximate surface area is 279 Å². The summed E-state index contributed by atoms with van der Waals surface area (Å²) in [5.74, 6) is -0.721. The minimum absolute atomic E-state index is 0.174. The van der Waals surface area contributed by atoms with Crippen LogP contribution < -0.4 is 0 Å². The van der Waals surface area contributed by atoms with Crippen LogP contribution in [0.1, 0.15) is 138 Å². The molecule has 5 atom stereocenters.